The standard InChI is InChI=1S/C24H28O3/c1-18(6-5-13-24(2,3)27)21-8-4-7-19(14-21)9-10-20-11-12-22(16-25)23(15-20)17-26/h4-15,25-27H,16-17H2,1-3H3/b10-9+,13-5+,18-6-. The van der Waals surface area contributed by atoms with Gasteiger partial charge in [0.25, 0.3) is 0 Å². The highest BCUT2D eigenvalue weighted by Crippen LogP contribution is 2.19. The molecule has 0 fully saturated rings. The molecule has 0 radical (unpaired) electrons. The molecule has 0 aromatic heterocycles. The number of rotatable bonds is 7. The fourth-order valence-corrected chi connectivity index (χ4v) is 2.66. The van der Waals surface area contributed by atoms with Crippen LogP contribution in [0.3, 0.4) is 0 Å². The molecule has 0 atom stereocenters. The average Bonchev–Trinajstić information content (AvgIpc) is 2.65. The minimum Gasteiger partial charge on any atom is -0.392 e. The van der Waals surface area contributed by atoms with Crippen LogP contribution in [0.4, 0.5) is 0 Å². The van der Waals surface area contributed by atoms with Gasteiger partial charge in [-0.15, -0.1) is 0 Å². The molecule has 3 heteroatoms. The second-order valence-electron chi connectivity index (χ2n) is 7.17. The van der Waals surface area contributed by atoms with E-state index in [-0.39, 0.29) is 13.2 Å². The molecule has 142 valence electrons. The molecule has 0 unspecified atom stereocenters. The van der Waals surface area contributed by atoms with Crippen molar-refractivity contribution >= 4 is 17.7 Å². The lowest BCUT2D eigenvalue weighted by Crippen LogP contribution is -2.13. The van der Waals surface area contributed by atoms with Gasteiger partial charge in [-0.3, -0.25) is 0 Å². The average molecular weight is 364 g/mol. The smallest absolute Gasteiger partial charge is 0.0774 e. The minimum absolute atomic E-state index is 0.0740. The highest BCUT2D eigenvalue weighted by molar-refractivity contribution is 5.73. The van der Waals surface area contributed by atoms with Crippen LogP contribution in [0.15, 0.2) is 60.7 Å². The summed E-state index contributed by atoms with van der Waals surface area (Å²) in [5.74, 6) is 0. The Labute approximate surface area is 161 Å². The van der Waals surface area contributed by atoms with Crippen molar-refractivity contribution < 1.29 is 15.3 Å². The summed E-state index contributed by atoms with van der Waals surface area (Å²) in [5.41, 5.74) is 4.94. The van der Waals surface area contributed by atoms with Crippen molar-refractivity contribution in [3.05, 3.63) is 88.5 Å². The SMILES string of the molecule is C/C(=C/C=C/C(C)(C)O)c1cccc(/C=C/c2ccc(CO)c(CO)c2)c1. The lowest BCUT2D eigenvalue weighted by Gasteiger charge is -2.09. The van der Waals surface area contributed by atoms with Gasteiger partial charge in [-0.05, 0) is 66.3 Å². The highest BCUT2D eigenvalue weighted by atomic mass is 16.3. The van der Waals surface area contributed by atoms with E-state index < -0.39 is 5.60 Å². The molecule has 0 saturated carbocycles. The molecule has 0 saturated heterocycles. The Morgan fingerprint density at radius 2 is 1.59 bits per heavy atom. The first-order valence-electron chi connectivity index (χ1n) is 9.03. The van der Waals surface area contributed by atoms with Crippen molar-refractivity contribution in [1.82, 2.24) is 0 Å². The van der Waals surface area contributed by atoms with E-state index in [1.165, 1.54) is 0 Å². The van der Waals surface area contributed by atoms with E-state index in [4.69, 9.17) is 0 Å². The Morgan fingerprint density at radius 3 is 2.22 bits per heavy atom. The zero-order valence-electron chi connectivity index (χ0n) is 16.2. The van der Waals surface area contributed by atoms with Crippen LogP contribution >= 0.6 is 0 Å². The Hall–Kier alpha value is -2.46. The number of hydrogen-bond acceptors (Lipinski definition) is 3. The highest BCUT2D eigenvalue weighted by Gasteiger charge is 2.05. The summed E-state index contributed by atoms with van der Waals surface area (Å²) >= 11 is 0. The van der Waals surface area contributed by atoms with Crippen LogP contribution in [-0.2, 0) is 13.2 Å². The predicted molar refractivity (Wildman–Crippen MR) is 113 cm³/mol. The molecule has 2 rings (SSSR count). The summed E-state index contributed by atoms with van der Waals surface area (Å²) in [6.07, 6.45) is 9.64. The fraction of sp³-hybridized carbons (Fsp3) is 0.250. The summed E-state index contributed by atoms with van der Waals surface area (Å²) in [6.45, 7) is 5.37. The summed E-state index contributed by atoms with van der Waals surface area (Å²) in [4.78, 5) is 0. The van der Waals surface area contributed by atoms with Gasteiger partial charge < -0.3 is 15.3 Å². The molecule has 0 aliphatic carbocycles. The van der Waals surface area contributed by atoms with Crippen LogP contribution in [0.1, 0.15) is 48.6 Å². The van der Waals surface area contributed by atoms with E-state index in [0.717, 1.165) is 33.4 Å². The van der Waals surface area contributed by atoms with Gasteiger partial charge >= 0.3 is 0 Å². The second-order valence-corrected chi connectivity index (χ2v) is 7.17. The van der Waals surface area contributed by atoms with E-state index in [1.54, 1.807) is 19.9 Å². The molecular weight excluding hydrogens is 336 g/mol. The number of aliphatic hydroxyl groups excluding tert-OH is 2. The van der Waals surface area contributed by atoms with Crippen molar-refractivity contribution in [2.45, 2.75) is 39.6 Å². The maximum absolute atomic E-state index is 9.74. The Bertz CT molecular complexity index is 852. The zero-order valence-corrected chi connectivity index (χ0v) is 16.2. The fourth-order valence-electron chi connectivity index (χ4n) is 2.66. The first-order chi connectivity index (χ1) is 12.8. The van der Waals surface area contributed by atoms with Crippen LogP contribution < -0.4 is 0 Å². The molecule has 0 heterocycles. The van der Waals surface area contributed by atoms with Crippen molar-refractivity contribution in [2.24, 2.45) is 0 Å². The van der Waals surface area contributed by atoms with Gasteiger partial charge in [0, 0.05) is 0 Å². The maximum Gasteiger partial charge on any atom is 0.0774 e. The van der Waals surface area contributed by atoms with Crippen LogP contribution in [-0.4, -0.2) is 20.9 Å². The Kier molecular flexibility index (Phi) is 7.31. The van der Waals surface area contributed by atoms with E-state index in [9.17, 15) is 15.3 Å². The molecule has 3 N–H and O–H groups in total. The lowest BCUT2D eigenvalue weighted by molar-refractivity contribution is 0.133. The third-order valence-electron chi connectivity index (χ3n) is 4.23. The molecular formula is C24H28O3. The van der Waals surface area contributed by atoms with Crippen molar-refractivity contribution in [1.29, 1.82) is 0 Å². The van der Waals surface area contributed by atoms with Crippen LogP contribution in [0.5, 0.6) is 0 Å². The molecule has 2 aromatic rings. The largest absolute Gasteiger partial charge is 0.392 e. The summed E-state index contributed by atoms with van der Waals surface area (Å²) in [5, 5.41) is 28.4. The third-order valence-corrected chi connectivity index (χ3v) is 4.23. The number of aliphatic hydroxyl groups is 3. The first-order valence-corrected chi connectivity index (χ1v) is 9.03. The molecule has 0 bridgehead atoms. The molecule has 27 heavy (non-hydrogen) atoms. The first kappa shape index (κ1) is 20.8. The van der Waals surface area contributed by atoms with Gasteiger partial charge in [-0.1, -0.05) is 60.7 Å². The van der Waals surface area contributed by atoms with E-state index in [0.29, 0.717) is 0 Å². The third kappa shape index (κ3) is 6.65. The lowest BCUT2D eigenvalue weighted by atomic mass is 10.0. The van der Waals surface area contributed by atoms with E-state index in [2.05, 4.69) is 12.1 Å². The maximum atomic E-state index is 9.74. The van der Waals surface area contributed by atoms with Gasteiger partial charge in [0.15, 0.2) is 0 Å². The summed E-state index contributed by atoms with van der Waals surface area (Å²) < 4.78 is 0. The van der Waals surface area contributed by atoms with Gasteiger partial charge in [0.2, 0.25) is 0 Å². The minimum atomic E-state index is -0.819. The zero-order chi connectivity index (χ0) is 19.9. The molecule has 0 aliphatic rings. The topological polar surface area (TPSA) is 60.7 Å². The molecule has 0 amide bonds. The quantitative estimate of drug-likeness (QED) is 0.498. The van der Waals surface area contributed by atoms with Crippen LogP contribution in [0.2, 0.25) is 0 Å². The summed E-state index contributed by atoms with van der Waals surface area (Å²) in [7, 11) is 0. The van der Waals surface area contributed by atoms with Gasteiger partial charge in [-0.25, -0.2) is 0 Å². The van der Waals surface area contributed by atoms with E-state index in [1.807, 2.05) is 61.6 Å². The summed E-state index contributed by atoms with van der Waals surface area (Å²) in [6, 6.07) is 13.9. The van der Waals surface area contributed by atoms with Crippen molar-refractivity contribution in [3.63, 3.8) is 0 Å². The monoisotopic (exact) mass is 364 g/mol. The molecule has 2 aromatic carbocycles. The second kappa shape index (κ2) is 9.47. The molecule has 0 aliphatic heterocycles. The Balaban J connectivity index is 2.19. The van der Waals surface area contributed by atoms with E-state index >= 15 is 0 Å². The molecule has 3 nitrogen and oxygen atoms in total. The normalized spacial score (nSPS) is 13.0. The number of benzene rings is 2. The van der Waals surface area contributed by atoms with Crippen molar-refractivity contribution in [3.8, 4) is 0 Å². The van der Waals surface area contributed by atoms with Crippen LogP contribution in [0, 0.1) is 0 Å². The van der Waals surface area contributed by atoms with Gasteiger partial charge in [-0.2, -0.15) is 0 Å². The van der Waals surface area contributed by atoms with Crippen LogP contribution in [0.25, 0.3) is 17.7 Å². The molecule has 0 spiro atoms. The predicted octanol–water partition coefficient (Wildman–Crippen LogP) is 4.57. The van der Waals surface area contributed by atoms with Crippen molar-refractivity contribution in [2.75, 3.05) is 0 Å². The Morgan fingerprint density at radius 1 is 0.926 bits per heavy atom. The number of hydrogen-bond donors (Lipinski definition) is 3. The number of allylic oxidation sites excluding steroid dienone is 3. The van der Waals surface area contributed by atoms with Gasteiger partial charge in [0.1, 0.15) is 0 Å². The van der Waals surface area contributed by atoms with Gasteiger partial charge in [0.05, 0.1) is 18.8 Å².